The molecule has 0 bridgehead atoms. The molecule has 4 N–H and O–H groups in total. The fraction of sp³-hybridized carbons (Fsp3) is 0.537. The van der Waals surface area contributed by atoms with Gasteiger partial charge in [-0.15, -0.1) is 0 Å². The van der Waals surface area contributed by atoms with E-state index < -0.39 is 12.0 Å². The Bertz CT molecular complexity index is 1060. The molecule has 7 heteroatoms. The van der Waals surface area contributed by atoms with Crippen molar-refractivity contribution in [2.75, 3.05) is 6.54 Å². The molecular weight excluding hydrogens is 600 g/mol. The first-order valence-corrected chi connectivity index (χ1v) is 18.1. The Labute approximate surface area is 291 Å². The summed E-state index contributed by atoms with van der Waals surface area (Å²) in [5.41, 5.74) is 5.47. The number of rotatable bonds is 30. The number of aliphatic carboxylic acids is 1. The van der Waals surface area contributed by atoms with Gasteiger partial charge in [-0.1, -0.05) is 111 Å². The highest BCUT2D eigenvalue weighted by Crippen LogP contribution is 2.13. The standard InChI is InChI=1S/C41H64N2O5/c1-3-5-7-9-11-13-15-16-18-20-22-24-29-35-40(45)48-37(31-26-23-21-19-17-14-12-10-8-6-4-2)32-27-25-28-34-39(44)43-38(41(46)47)33-30-36-42/h5-8,11-14,16,18-19,21-22,24,26,31,37-38H,3-4,9-10,15,17,20,23,25,27-30,32-36,42H2,1-2H3,(H,43,44)(H,46,47)/b7-5-,8-6-,13-11-,14-12-,18-16-,21-19-,24-22-,31-26-. The molecule has 0 radical (unpaired) electrons. The summed E-state index contributed by atoms with van der Waals surface area (Å²) >= 11 is 0. The zero-order valence-corrected chi connectivity index (χ0v) is 29.8. The second kappa shape index (κ2) is 34.6. The van der Waals surface area contributed by atoms with Crippen molar-refractivity contribution >= 4 is 17.8 Å². The number of carbonyl (C=O) groups is 3. The fourth-order valence-electron chi connectivity index (χ4n) is 4.49. The molecule has 0 saturated carbocycles. The van der Waals surface area contributed by atoms with Gasteiger partial charge in [0.25, 0.3) is 0 Å². The van der Waals surface area contributed by atoms with Gasteiger partial charge in [0.15, 0.2) is 0 Å². The summed E-state index contributed by atoms with van der Waals surface area (Å²) in [6.45, 7) is 4.64. The number of carboxylic acids is 1. The highest BCUT2D eigenvalue weighted by molar-refractivity contribution is 5.83. The van der Waals surface area contributed by atoms with Crippen LogP contribution in [-0.4, -0.2) is 41.6 Å². The number of unbranched alkanes of at least 4 members (excludes halogenated alkanes) is 2. The zero-order valence-electron chi connectivity index (χ0n) is 29.8. The third kappa shape index (κ3) is 30.9. The van der Waals surface area contributed by atoms with Crippen molar-refractivity contribution in [1.29, 1.82) is 0 Å². The molecule has 0 aromatic carbocycles. The maximum atomic E-state index is 12.6. The number of nitrogens with one attached hydrogen (secondary N) is 1. The topological polar surface area (TPSA) is 119 Å². The van der Waals surface area contributed by atoms with Crippen molar-refractivity contribution in [3.8, 4) is 0 Å². The summed E-state index contributed by atoms with van der Waals surface area (Å²) < 4.78 is 5.81. The third-order valence-electron chi connectivity index (χ3n) is 7.14. The quantitative estimate of drug-likeness (QED) is 0.0400. The first-order valence-electron chi connectivity index (χ1n) is 18.1. The van der Waals surface area contributed by atoms with Crippen LogP contribution in [0, 0.1) is 0 Å². The van der Waals surface area contributed by atoms with Gasteiger partial charge in [0.1, 0.15) is 12.1 Å². The predicted molar refractivity (Wildman–Crippen MR) is 201 cm³/mol. The smallest absolute Gasteiger partial charge is 0.326 e. The molecule has 48 heavy (non-hydrogen) atoms. The van der Waals surface area contributed by atoms with E-state index >= 15 is 0 Å². The van der Waals surface area contributed by atoms with Crippen LogP contribution in [-0.2, 0) is 19.1 Å². The highest BCUT2D eigenvalue weighted by atomic mass is 16.5. The van der Waals surface area contributed by atoms with Gasteiger partial charge in [0.2, 0.25) is 5.91 Å². The van der Waals surface area contributed by atoms with E-state index in [9.17, 15) is 19.5 Å². The average Bonchev–Trinajstić information content (AvgIpc) is 3.07. The molecule has 0 aliphatic carbocycles. The first-order chi connectivity index (χ1) is 23.4. The van der Waals surface area contributed by atoms with E-state index in [0.717, 1.165) is 64.2 Å². The normalized spacial score (nSPS) is 13.9. The second-order valence-electron chi connectivity index (χ2n) is 11.5. The van der Waals surface area contributed by atoms with Crippen LogP contribution in [0.2, 0.25) is 0 Å². The predicted octanol–water partition coefficient (Wildman–Crippen LogP) is 9.55. The number of allylic oxidation sites excluding steroid dienone is 15. The summed E-state index contributed by atoms with van der Waals surface area (Å²) in [7, 11) is 0. The van der Waals surface area contributed by atoms with Crippen molar-refractivity contribution in [3.05, 3.63) is 97.2 Å². The maximum Gasteiger partial charge on any atom is 0.326 e. The van der Waals surface area contributed by atoms with Crippen LogP contribution in [0.25, 0.3) is 0 Å². The lowest BCUT2D eigenvalue weighted by Crippen LogP contribution is -2.40. The molecule has 268 valence electrons. The van der Waals surface area contributed by atoms with E-state index in [0.29, 0.717) is 45.1 Å². The zero-order chi connectivity index (χ0) is 35.3. The van der Waals surface area contributed by atoms with Crippen molar-refractivity contribution in [1.82, 2.24) is 5.32 Å². The summed E-state index contributed by atoms with van der Waals surface area (Å²) in [6, 6.07) is -0.903. The summed E-state index contributed by atoms with van der Waals surface area (Å²) in [5.74, 6) is -1.53. The van der Waals surface area contributed by atoms with Gasteiger partial charge in [0.05, 0.1) is 0 Å². The minimum Gasteiger partial charge on any atom is -0.480 e. The Morgan fingerprint density at radius 1 is 0.625 bits per heavy atom. The Hall–Kier alpha value is -3.71. The number of hydrogen-bond donors (Lipinski definition) is 3. The van der Waals surface area contributed by atoms with E-state index in [2.05, 4.69) is 98.2 Å². The minimum absolute atomic E-state index is 0.221. The number of amides is 1. The van der Waals surface area contributed by atoms with Crippen molar-refractivity contribution < 1.29 is 24.2 Å². The van der Waals surface area contributed by atoms with E-state index in [-0.39, 0.29) is 24.4 Å². The molecule has 0 heterocycles. The molecule has 2 unspecified atom stereocenters. The molecule has 0 aromatic heterocycles. The molecular formula is C41H64N2O5. The summed E-state index contributed by atoms with van der Waals surface area (Å²) in [4.78, 5) is 36.2. The third-order valence-corrected chi connectivity index (χ3v) is 7.14. The largest absolute Gasteiger partial charge is 0.480 e. The van der Waals surface area contributed by atoms with Crippen LogP contribution < -0.4 is 11.1 Å². The van der Waals surface area contributed by atoms with Gasteiger partial charge >= 0.3 is 11.9 Å². The van der Waals surface area contributed by atoms with E-state index in [1.165, 1.54) is 0 Å². The Kier molecular flexibility index (Phi) is 31.9. The van der Waals surface area contributed by atoms with Gasteiger partial charge in [-0.05, 0) is 103 Å². The molecule has 2 atom stereocenters. The molecule has 0 aliphatic heterocycles. The number of carbonyl (C=O) groups excluding carboxylic acids is 2. The van der Waals surface area contributed by atoms with Crippen molar-refractivity contribution in [2.45, 2.75) is 135 Å². The number of hydrogen-bond acceptors (Lipinski definition) is 5. The van der Waals surface area contributed by atoms with Crippen LogP contribution in [0.1, 0.15) is 123 Å². The van der Waals surface area contributed by atoms with E-state index in [1.807, 2.05) is 18.2 Å². The van der Waals surface area contributed by atoms with Gasteiger partial charge in [-0.3, -0.25) is 9.59 Å². The van der Waals surface area contributed by atoms with Crippen LogP contribution in [0.4, 0.5) is 0 Å². The van der Waals surface area contributed by atoms with Gasteiger partial charge < -0.3 is 20.9 Å². The van der Waals surface area contributed by atoms with Gasteiger partial charge in [-0.2, -0.15) is 0 Å². The number of ether oxygens (including phenoxy) is 1. The lowest BCUT2D eigenvalue weighted by Gasteiger charge is -2.15. The highest BCUT2D eigenvalue weighted by Gasteiger charge is 2.19. The average molecular weight is 665 g/mol. The number of carboxylic acid groups (broad SMARTS) is 1. The molecule has 0 rings (SSSR count). The fourth-order valence-corrected chi connectivity index (χ4v) is 4.49. The summed E-state index contributed by atoms with van der Waals surface area (Å²) in [6.07, 6.45) is 46.1. The van der Waals surface area contributed by atoms with Gasteiger partial charge in [0, 0.05) is 12.8 Å². The number of esters is 1. The van der Waals surface area contributed by atoms with Crippen LogP contribution in [0.5, 0.6) is 0 Å². The Morgan fingerprint density at radius 2 is 1.12 bits per heavy atom. The maximum absolute atomic E-state index is 12.6. The van der Waals surface area contributed by atoms with Crippen LogP contribution >= 0.6 is 0 Å². The minimum atomic E-state index is -1.04. The molecule has 0 aliphatic rings. The molecule has 0 aromatic rings. The van der Waals surface area contributed by atoms with Crippen molar-refractivity contribution in [2.24, 2.45) is 5.73 Å². The molecule has 0 spiro atoms. The Morgan fingerprint density at radius 3 is 1.62 bits per heavy atom. The molecule has 1 amide bonds. The molecule has 0 fully saturated rings. The van der Waals surface area contributed by atoms with Gasteiger partial charge in [-0.25, -0.2) is 4.79 Å². The molecule has 7 nitrogen and oxygen atoms in total. The lowest BCUT2D eigenvalue weighted by atomic mass is 10.1. The Balaban J connectivity index is 4.70. The first kappa shape index (κ1) is 44.3. The monoisotopic (exact) mass is 664 g/mol. The second-order valence-corrected chi connectivity index (χ2v) is 11.5. The number of nitrogens with two attached hydrogens (primary N) is 1. The van der Waals surface area contributed by atoms with Crippen LogP contribution in [0.3, 0.4) is 0 Å². The van der Waals surface area contributed by atoms with E-state index in [1.54, 1.807) is 0 Å². The lowest BCUT2D eigenvalue weighted by molar-refractivity contribution is -0.147. The van der Waals surface area contributed by atoms with E-state index in [4.69, 9.17) is 10.5 Å². The SMILES string of the molecule is CC/C=C\C/C=C\C/C=C\C/C=C\CCC(=O)OC(/C=C\C/C=C\C/C=C\C/C=C\CC)CCCCCC(=O)NC(CCCN)C(=O)O. The van der Waals surface area contributed by atoms with Crippen LogP contribution in [0.15, 0.2) is 97.2 Å². The molecule has 0 saturated heterocycles. The summed E-state index contributed by atoms with van der Waals surface area (Å²) in [5, 5.41) is 11.9. The van der Waals surface area contributed by atoms with Crippen molar-refractivity contribution in [3.63, 3.8) is 0 Å².